The van der Waals surface area contributed by atoms with E-state index in [4.69, 9.17) is 5.11 Å². The van der Waals surface area contributed by atoms with Crippen molar-refractivity contribution >= 4 is 5.97 Å². The maximum Gasteiger partial charge on any atom is 0.305 e. The van der Waals surface area contributed by atoms with Crippen molar-refractivity contribution in [2.75, 3.05) is 13.2 Å². The smallest absolute Gasteiger partial charge is 0.305 e. The van der Waals surface area contributed by atoms with E-state index in [-0.39, 0.29) is 12.6 Å². The normalized spacial score (nSPS) is 12.6. The second kappa shape index (κ2) is 7.02. The minimum Gasteiger partial charge on any atom is -0.463 e. The van der Waals surface area contributed by atoms with Crippen molar-refractivity contribution in [2.24, 2.45) is 0 Å². The average Bonchev–Trinajstić information content (AvgIpc) is 2.07. The van der Waals surface area contributed by atoms with Crippen molar-refractivity contribution in [2.45, 2.75) is 25.9 Å². The number of rotatable bonds is 6. The molecule has 0 saturated carbocycles. The molecular formula is C7H13O5. The van der Waals surface area contributed by atoms with E-state index < -0.39 is 12.7 Å². The van der Waals surface area contributed by atoms with Crippen molar-refractivity contribution in [3.05, 3.63) is 0 Å². The first-order chi connectivity index (χ1) is 5.74. The zero-order valence-corrected chi connectivity index (χ0v) is 6.99. The van der Waals surface area contributed by atoms with E-state index in [9.17, 15) is 10.1 Å². The summed E-state index contributed by atoms with van der Waals surface area (Å²) in [5.74, 6) is -0.381. The molecule has 1 radical (unpaired) electrons. The van der Waals surface area contributed by atoms with E-state index >= 15 is 0 Å². The number of esters is 1. The molecule has 0 saturated heterocycles. The molecule has 0 fully saturated rings. The van der Waals surface area contributed by atoms with Gasteiger partial charge in [0.05, 0.1) is 6.61 Å². The molecule has 0 aliphatic rings. The van der Waals surface area contributed by atoms with Crippen molar-refractivity contribution in [3.8, 4) is 0 Å². The zero-order valence-electron chi connectivity index (χ0n) is 6.99. The maximum absolute atomic E-state index is 10.7. The van der Waals surface area contributed by atoms with Gasteiger partial charge in [-0.2, -0.15) is 4.89 Å². The van der Waals surface area contributed by atoms with Crippen LogP contribution in [0.4, 0.5) is 0 Å². The molecule has 0 aromatic heterocycles. The Bertz CT molecular complexity index is 121. The van der Waals surface area contributed by atoms with Gasteiger partial charge in [0, 0.05) is 6.42 Å². The summed E-state index contributed by atoms with van der Waals surface area (Å²) in [4.78, 5) is 14.3. The Morgan fingerprint density at radius 1 is 1.58 bits per heavy atom. The molecular weight excluding hydrogens is 164 g/mol. The third-order valence-corrected chi connectivity index (χ3v) is 1.22. The second-order valence-corrected chi connectivity index (χ2v) is 2.33. The first-order valence-electron chi connectivity index (χ1n) is 3.79. The number of hydrogen-bond donors (Lipinski definition) is 1. The number of carbonyl (C=O) groups is 1. The highest BCUT2D eigenvalue weighted by Crippen LogP contribution is 1.95. The molecule has 1 atom stereocenters. The molecule has 0 aromatic carbocycles. The van der Waals surface area contributed by atoms with E-state index in [1.54, 1.807) is 0 Å². The van der Waals surface area contributed by atoms with Crippen molar-refractivity contribution in [3.63, 3.8) is 0 Å². The Morgan fingerprint density at radius 3 is 2.67 bits per heavy atom. The Labute approximate surface area is 70.8 Å². The number of hydrogen-bond acceptors (Lipinski definition) is 4. The molecule has 1 unspecified atom stereocenters. The summed E-state index contributed by atoms with van der Waals surface area (Å²) in [6, 6.07) is 0. The lowest BCUT2D eigenvalue weighted by molar-refractivity contribution is -0.344. The third-order valence-electron chi connectivity index (χ3n) is 1.22. The molecule has 0 spiro atoms. The van der Waals surface area contributed by atoms with Crippen molar-refractivity contribution < 1.29 is 24.8 Å². The van der Waals surface area contributed by atoms with Gasteiger partial charge >= 0.3 is 5.97 Å². The van der Waals surface area contributed by atoms with E-state index in [0.717, 1.165) is 0 Å². The first kappa shape index (κ1) is 11.4. The lowest BCUT2D eigenvalue weighted by atomic mass is 10.3. The van der Waals surface area contributed by atoms with Gasteiger partial charge in [-0.25, -0.2) is 0 Å². The molecule has 5 heteroatoms. The summed E-state index contributed by atoms with van der Waals surface area (Å²) >= 11 is 0. The van der Waals surface area contributed by atoms with Crippen molar-refractivity contribution in [1.82, 2.24) is 0 Å². The molecule has 5 nitrogen and oxygen atoms in total. The molecule has 1 N–H and O–H groups in total. The first-order valence-corrected chi connectivity index (χ1v) is 3.79. The minimum absolute atomic E-state index is 0.182. The number of aliphatic hydroxyl groups is 1. The highest BCUT2D eigenvalue weighted by molar-refractivity contribution is 5.69. The third kappa shape index (κ3) is 5.06. The molecule has 0 aromatic rings. The van der Waals surface area contributed by atoms with E-state index in [2.05, 4.69) is 9.62 Å². The molecule has 0 rings (SSSR count). The SMILES string of the molecule is CCCC(=O)OCC(CO)O[O]. The molecule has 0 aliphatic heterocycles. The molecule has 0 heterocycles. The van der Waals surface area contributed by atoms with E-state index in [1.807, 2.05) is 6.92 Å². The monoisotopic (exact) mass is 177 g/mol. The Kier molecular flexibility index (Phi) is 6.64. The zero-order chi connectivity index (χ0) is 9.40. The minimum atomic E-state index is -0.953. The van der Waals surface area contributed by atoms with Crippen LogP contribution in [0, 0.1) is 0 Å². The van der Waals surface area contributed by atoms with Crippen LogP contribution in [0.2, 0.25) is 0 Å². The predicted molar refractivity (Wildman–Crippen MR) is 38.5 cm³/mol. The fourth-order valence-electron chi connectivity index (χ4n) is 0.573. The summed E-state index contributed by atoms with van der Waals surface area (Å²) in [5.41, 5.74) is 0. The number of ether oxygens (including phenoxy) is 1. The molecule has 71 valence electrons. The Morgan fingerprint density at radius 2 is 2.25 bits per heavy atom. The summed E-state index contributed by atoms with van der Waals surface area (Å²) in [5, 5.41) is 18.2. The Hall–Kier alpha value is -0.650. The fraction of sp³-hybridized carbons (Fsp3) is 0.857. The summed E-state index contributed by atoms with van der Waals surface area (Å²) < 4.78 is 4.60. The quantitative estimate of drug-likeness (QED) is 0.353. The average molecular weight is 177 g/mol. The van der Waals surface area contributed by atoms with Crippen LogP contribution in [-0.4, -0.2) is 30.4 Å². The van der Waals surface area contributed by atoms with Gasteiger partial charge in [0.25, 0.3) is 0 Å². The van der Waals surface area contributed by atoms with Gasteiger partial charge < -0.3 is 9.84 Å². The summed E-state index contributed by atoms with van der Waals surface area (Å²) in [7, 11) is 0. The van der Waals surface area contributed by atoms with Gasteiger partial charge in [0.1, 0.15) is 6.61 Å². The molecule has 0 amide bonds. The van der Waals surface area contributed by atoms with Crippen molar-refractivity contribution in [1.29, 1.82) is 0 Å². The van der Waals surface area contributed by atoms with Gasteiger partial charge in [-0.1, -0.05) is 6.92 Å². The van der Waals surface area contributed by atoms with Crippen LogP contribution in [-0.2, 0) is 19.7 Å². The highest BCUT2D eigenvalue weighted by atomic mass is 17.1. The summed E-state index contributed by atoms with van der Waals surface area (Å²) in [6.07, 6.45) is 0.0588. The van der Waals surface area contributed by atoms with Gasteiger partial charge in [0.2, 0.25) is 0 Å². The van der Waals surface area contributed by atoms with Crippen LogP contribution in [0.3, 0.4) is 0 Å². The van der Waals surface area contributed by atoms with Crippen LogP contribution < -0.4 is 0 Å². The molecule has 0 aliphatic carbocycles. The highest BCUT2D eigenvalue weighted by Gasteiger charge is 2.10. The second-order valence-electron chi connectivity index (χ2n) is 2.33. The Balaban J connectivity index is 3.44. The van der Waals surface area contributed by atoms with Crippen LogP contribution in [0.5, 0.6) is 0 Å². The number of carbonyl (C=O) groups excluding carboxylic acids is 1. The molecule has 12 heavy (non-hydrogen) atoms. The summed E-state index contributed by atoms with van der Waals surface area (Å²) in [6.45, 7) is 1.22. The van der Waals surface area contributed by atoms with Crippen LogP contribution in [0.25, 0.3) is 0 Å². The van der Waals surface area contributed by atoms with Crippen LogP contribution in [0.15, 0.2) is 0 Å². The lowest BCUT2D eigenvalue weighted by Crippen LogP contribution is -2.24. The van der Waals surface area contributed by atoms with Crippen LogP contribution in [0.1, 0.15) is 19.8 Å². The lowest BCUT2D eigenvalue weighted by Gasteiger charge is -2.08. The van der Waals surface area contributed by atoms with Gasteiger partial charge in [-0.3, -0.25) is 4.79 Å². The largest absolute Gasteiger partial charge is 0.463 e. The van der Waals surface area contributed by atoms with Crippen LogP contribution >= 0.6 is 0 Å². The van der Waals surface area contributed by atoms with E-state index in [1.165, 1.54) is 0 Å². The fourth-order valence-corrected chi connectivity index (χ4v) is 0.573. The number of aliphatic hydroxyl groups excluding tert-OH is 1. The topological polar surface area (TPSA) is 75.7 Å². The standard InChI is InChI=1S/C7H13O5/c1-2-3-7(9)11-5-6(4-8)12-10/h6,8H,2-5H2,1H3. The van der Waals surface area contributed by atoms with E-state index in [0.29, 0.717) is 12.8 Å². The predicted octanol–water partition coefficient (Wildman–Crippen LogP) is 0.0527. The van der Waals surface area contributed by atoms with Gasteiger partial charge in [-0.05, 0) is 11.7 Å². The molecule has 0 bridgehead atoms. The van der Waals surface area contributed by atoms with Gasteiger partial charge in [-0.15, -0.1) is 0 Å². The van der Waals surface area contributed by atoms with Gasteiger partial charge in [0.15, 0.2) is 6.10 Å². The maximum atomic E-state index is 10.7.